The monoisotopic (exact) mass is 305 g/mol. The third-order valence-corrected chi connectivity index (χ3v) is 3.40. The molecule has 0 aliphatic rings. The maximum absolute atomic E-state index is 11.9. The van der Waals surface area contributed by atoms with Crippen molar-refractivity contribution in [3.63, 3.8) is 0 Å². The summed E-state index contributed by atoms with van der Waals surface area (Å²) in [4.78, 5) is 11.9. The molecule has 2 aromatic rings. The number of benzene rings is 1. The molecular weight excluding hydrogens is 286 g/mol. The number of nitrogens with zero attached hydrogens (tertiary/aromatic N) is 2. The van der Waals surface area contributed by atoms with Crippen LogP contribution in [0.25, 0.3) is 0 Å². The van der Waals surface area contributed by atoms with Gasteiger partial charge in [0.25, 0.3) is 0 Å². The summed E-state index contributed by atoms with van der Waals surface area (Å²) in [7, 11) is 0. The van der Waals surface area contributed by atoms with Crippen LogP contribution in [-0.4, -0.2) is 21.7 Å². The molecule has 0 fully saturated rings. The fraction of sp³-hybridized carbons (Fsp3) is 0.375. The molecule has 1 N–H and O–H groups in total. The molecule has 0 spiro atoms. The number of aryl methyl sites for hydroxylation is 2. The summed E-state index contributed by atoms with van der Waals surface area (Å²) in [5.41, 5.74) is 2.22. The Hall–Kier alpha value is -1.81. The highest BCUT2D eigenvalue weighted by molar-refractivity contribution is 6.30. The van der Waals surface area contributed by atoms with Gasteiger partial charge >= 0.3 is 0 Å². The van der Waals surface area contributed by atoms with Crippen molar-refractivity contribution < 1.29 is 4.79 Å². The van der Waals surface area contributed by atoms with Crippen LogP contribution in [0.4, 0.5) is 0 Å². The van der Waals surface area contributed by atoms with E-state index in [2.05, 4.69) is 10.4 Å². The van der Waals surface area contributed by atoms with E-state index in [-0.39, 0.29) is 11.9 Å². The number of hydrogen-bond acceptors (Lipinski definition) is 2. The second kappa shape index (κ2) is 7.27. The first-order valence-corrected chi connectivity index (χ1v) is 7.43. The van der Waals surface area contributed by atoms with Gasteiger partial charge in [-0.25, -0.2) is 0 Å². The predicted octanol–water partition coefficient (Wildman–Crippen LogP) is 2.98. The predicted molar refractivity (Wildman–Crippen MR) is 84.3 cm³/mol. The van der Waals surface area contributed by atoms with Gasteiger partial charge in [-0.15, -0.1) is 0 Å². The minimum atomic E-state index is 0.0395. The van der Waals surface area contributed by atoms with Crippen molar-refractivity contribution in [3.8, 4) is 0 Å². The zero-order chi connectivity index (χ0) is 15.2. The Morgan fingerprint density at radius 2 is 2.29 bits per heavy atom. The van der Waals surface area contributed by atoms with Gasteiger partial charge in [-0.1, -0.05) is 23.7 Å². The van der Waals surface area contributed by atoms with Crippen LogP contribution in [0.5, 0.6) is 0 Å². The van der Waals surface area contributed by atoms with Crippen molar-refractivity contribution in [1.29, 1.82) is 0 Å². The van der Waals surface area contributed by atoms with Crippen LogP contribution in [0.3, 0.4) is 0 Å². The number of nitrogens with one attached hydrogen (secondary N) is 1. The summed E-state index contributed by atoms with van der Waals surface area (Å²) < 4.78 is 1.79. The lowest BCUT2D eigenvalue weighted by Gasteiger charge is -2.14. The molecule has 112 valence electrons. The summed E-state index contributed by atoms with van der Waals surface area (Å²) in [5.74, 6) is 0.0395. The summed E-state index contributed by atoms with van der Waals surface area (Å²) in [5, 5.41) is 7.89. The quantitative estimate of drug-likeness (QED) is 0.892. The number of halogens is 1. The summed E-state index contributed by atoms with van der Waals surface area (Å²) in [6, 6.07) is 7.79. The van der Waals surface area contributed by atoms with Gasteiger partial charge in [0.1, 0.15) is 0 Å². The Bertz CT molecular complexity index is 609. The molecule has 0 radical (unpaired) electrons. The van der Waals surface area contributed by atoms with E-state index in [0.29, 0.717) is 13.0 Å². The Morgan fingerprint density at radius 1 is 1.48 bits per heavy atom. The zero-order valence-corrected chi connectivity index (χ0v) is 13.1. The van der Waals surface area contributed by atoms with E-state index in [1.807, 2.05) is 44.3 Å². The number of aromatic nitrogens is 2. The second-order valence-corrected chi connectivity index (χ2v) is 5.77. The van der Waals surface area contributed by atoms with Gasteiger partial charge in [0.15, 0.2) is 0 Å². The number of hydrogen-bond donors (Lipinski definition) is 1. The highest BCUT2D eigenvalue weighted by Crippen LogP contribution is 2.12. The minimum absolute atomic E-state index is 0.0395. The molecule has 2 rings (SSSR count). The molecule has 0 saturated carbocycles. The van der Waals surface area contributed by atoms with Crippen LogP contribution in [-0.2, 0) is 17.8 Å². The molecule has 21 heavy (non-hydrogen) atoms. The SMILES string of the molecule is Cc1cnn(CCC(=O)N[C@H](C)Cc2cccc(Cl)c2)c1. The molecule has 1 aromatic carbocycles. The van der Waals surface area contributed by atoms with Crippen LogP contribution >= 0.6 is 11.6 Å². The van der Waals surface area contributed by atoms with Gasteiger partial charge in [0.2, 0.25) is 5.91 Å². The number of carbonyl (C=O) groups excluding carboxylic acids is 1. The van der Waals surface area contributed by atoms with Gasteiger partial charge < -0.3 is 5.32 Å². The van der Waals surface area contributed by atoms with Crippen LogP contribution in [0, 0.1) is 6.92 Å². The van der Waals surface area contributed by atoms with E-state index in [0.717, 1.165) is 22.6 Å². The van der Waals surface area contributed by atoms with E-state index in [4.69, 9.17) is 11.6 Å². The van der Waals surface area contributed by atoms with Gasteiger partial charge in [0.05, 0.1) is 6.20 Å². The molecule has 1 heterocycles. The maximum Gasteiger partial charge on any atom is 0.222 e. The Labute approximate surface area is 130 Å². The smallest absolute Gasteiger partial charge is 0.222 e. The first-order valence-electron chi connectivity index (χ1n) is 7.06. The first-order chi connectivity index (χ1) is 10.0. The van der Waals surface area contributed by atoms with Gasteiger partial charge in [-0.05, 0) is 43.5 Å². The standard InChI is InChI=1S/C16H20ClN3O/c1-12-10-18-20(11-12)7-6-16(21)19-13(2)8-14-4-3-5-15(17)9-14/h3-5,9-11,13H,6-8H2,1-2H3,(H,19,21)/t13-/m1/s1. The average Bonchev–Trinajstić information content (AvgIpc) is 2.82. The van der Waals surface area contributed by atoms with Crippen LogP contribution < -0.4 is 5.32 Å². The van der Waals surface area contributed by atoms with Gasteiger partial charge in [-0.3, -0.25) is 9.48 Å². The Morgan fingerprint density at radius 3 is 2.95 bits per heavy atom. The molecule has 0 bridgehead atoms. The maximum atomic E-state index is 11.9. The Balaban J connectivity index is 1.76. The van der Waals surface area contributed by atoms with E-state index in [1.54, 1.807) is 10.9 Å². The van der Waals surface area contributed by atoms with Crippen molar-refractivity contribution in [2.75, 3.05) is 0 Å². The molecular formula is C16H20ClN3O. The van der Waals surface area contributed by atoms with Crippen molar-refractivity contribution in [2.24, 2.45) is 0 Å². The number of carbonyl (C=O) groups is 1. The van der Waals surface area contributed by atoms with Crippen molar-refractivity contribution in [2.45, 2.75) is 39.3 Å². The average molecular weight is 306 g/mol. The van der Waals surface area contributed by atoms with E-state index in [1.165, 1.54) is 0 Å². The fourth-order valence-electron chi connectivity index (χ4n) is 2.22. The normalized spacial score (nSPS) is 12.1. The van der Waals surface area contributed by atoms with Crippen LogP contribution in [0.15, 0.2) is 36.7 Å². The highest BCUT2D eigenvalue weighted by Gasteiger charge is 2.09. The molecule has 0 aliphatic carbocycles. The molecule has 0 saturated heterocycles. The molecule has 1 amide bonds. The largest absolute Gasteiger partial charge is 0.353 e. The highest BCUT2D eigenvalue weighted by atomic mass is 35.5. The molecule has 1 aromatic heterocycles. The second-order valence-electron chi connectivity index (χ2n) is 5.33. The summed E-state index contributed by atoms with van der Waals surface area (Å²) in [6.45, 7) is 4.58. The van der Waals surface area contributed by atoms with Crippen molar-refractivity contribution in [1.82, 2.24) is 15.1 Å². The van der Waals surface area contributed by atoms with Gasteiger partial charge in [-0.2, -0.15) is 5.10 Å². The minimum Gasteiger partial charge on any atom is -0.353 e. The van der Waals surface area contributed by atoms with E-state index >= 15 is 0 Å². The molecule has 4 nitrogen and oxygen atoms in total. The lowest BCUT2D eigenvalue weighted by atomic mass is 10.1. The summed E-state index contributed by atoms with van der Waals surface area (Å²) >= 11 is 5.96. The van der Waals surface area contributed by atoms with Crippen molar-refractivity contribution >= 4 is 17.5 Å². The third kappa shape index (κ3) is 5.23. The topological polar surface area (TPSA) is 46.9 Å². The molecule has 1 atom stereocenters. The zero-order valence-electron chi connectivity index (χ0n) is 12.3. The van der Waals surface area contributed by atoms with Crippen molar-refractivity contribution in [3.05, 3.63) is 52.8 Å². The molecule has 5 heteroatoms. The van der Waals surface area contributed by atoms with Crippen LogP contribution in [0.2, 0.25) is 5.02 Å². The van der Waals surface area contributed by atoms with Gasteiger partial charge in [0, 0.05) is 30.2 Å². The number of amides is 1. The lowest BCUT2D eigenvalue weighted by Crippen LogP contribution is -2.34. The summed E-state index contributed by atoms with van der Waals surface area (Å²) in [6.07, 6.45) is 4.93. The molecule has 0 aliphatic heterocycles. The number of rotatable bonds is 6. The Kier molecular flexibility index (Phi) is 5.39. The third-order valence-electron chi connectivity index (χ3n) is 3.17. The molecule has 0 unspecified atom stereocenters. The van der Waals surface area contributed by atoms with E-state index in [9.17, 15) is 4.79 Å². The first kappa shape index (κ1) is 15.6. The lowest BCUT2D eigenvalue weighted by molar-refractivity contribution is -0.121. The fourth-order valence-corrected chi connectivity index (χ4v) is 2.43. The van der Waals surface area contributed by atoms with E-state index < -0.39 is 0 Å². The van der Waals surface area contributed by atoms with Crippen LogP contribution in [0.1, 0.15) is 24.5 Å².